The second kappa shape index (κ2) is 8.41. The lowest BCUT2D eigenvalue weighted by Crippen LogP contribution is -2.45. The van der Waals surface area contributed by atoms with Crippen LogP contribution in [0, 0.1) is 0 Å². The van der Waals surface area contributed by atoms with Gasteiger partial charge in [-0.05, 0) is 20.5 Å². The van der Waals surface area contributed by atoms with Crippen LogP contribution in [0.5, 0.6) is 0 Å². The monoisotopic (exact) mass is 282 g/mol. The highest BCUT2D eigenvalue weighted by atomic mass is 32.3. The van der Waals surface area contributed by atoms with Crippen LogP contribution < -0.4 is 5.32 Å². The Labute approximate surface area is 109 Å². The fourth-order valence-electron chi connectivity index (χ4n) is 1.32. The van der Waals surface area contributed by atoms with Gasteiger partial charge < -0.3 is 10.2 Å². The standard InChI is InChI=1S/C10H22N2O5S/c1-5-6-10(13)11-9(7-12(2)3)8-17-18(14,15)16-4/h9H,5-8H2,1-4H3,(H,11,13). The van der Waals surface area contributed by atoms with Gasteiger partial charge in [-0.15, -0.1) is 0 Å². The van der Waals surface area contributed by atoms with Crippen molar-refractivity contribution in [3.63, 3.8) is 0 Å². The van der Waals surface area contributed by atoms with E-state index in [4.69, 9.17) is 0 Å². The van der Waals surface area contributed by atoms with Gasteiger partial charge in [0.1, 0.15) is 0 Å². The average molecular weight is 282 g/mol. The zero-order valence-electron chi connectivity index (χ0n) is 11.3. The van der Waals surface area contributed by atoms with Crippen molar-refractivity contribution in [2.24, 2.45) is 0 Å². The minimum absolute atomic E-state index is 0.122. The third kappa shape index (κ3) is 8.40. The Bertz CT molecular complexity index is 342. The summed E-state index contributed by atoms with van der Waals surface area (Å²) in [7, 11) is 0.698. The lowest BCUT2D eigenvalue weighted by Gasteiger charge is -2.21. The van der Waals surface area contributed by atoms with Crippen molar-refractivity contribution in [1.29, 1.82) is 0 Å². The number of rotatable bonds is 9. The van der Waals surface area contributed by atoms with Crippen molar-refractivity contribution >= 4 is 16.3 Å². The van der Waals surface area contributed by atoms with Gasteiger partial charge in [0, 0.05) is 13.0 Å². The van der Waals surface area contributed by atoms with Crippen LogP contribution in [-0.4, -0.2) is 59.6 Å². The highest BCUT2D eigenvalue weighted by molar-refractivity contribution is 7.81. The van der Waals surface area contributed by atoms with E-state index in [0.29, 0.717) is 13.0 Å². The number of nitrogens with zero attached hydrogens (tertiary/aromatic N) is 1. The van der Waals surface area contributed by atoms with E-state index in [1.165, 1.54) is 0 Å². The first-order valence-corrected chi connectivity index (χ1v) is 7.03. The SMILES string of the molecule is CCCC(=O)NC(COS(=O)(=O)OC)CN(C)C. The molecule has 0 aliphatic heterocycles. The molecule has 0 aromatic rings. The fraction of sp³-hybridized carbons (Fsp3) is 0.900. The number of hydrogen-bond acceptors (Lipinski definition) is 6. The van der Waals surface area contributed by atoms with Gasteiger partial charge in [0.25, 0.3) is 0 Å². The molecule has 8 heteroatoms. The number of likely N-dealkylation sites (N-methyl/N-ethyl adjacent to an activating group) is 1. The fourth-order valence-corrected chi connectivity index (χ4v) is 1.75. The Morgan fingerprint density at radius 3 is 2.44 bits per heavy atom. The predicted molar refractivity (Wildman–Crippen MR) is 67.3 cm³/mol. The zero-order valence-corrected chi connectivity index (χ0v) is 12.1. The highest BCUT2D eigenvalue weighted by Crippen LogP contribution is 1.98. The summed E-state index contributed by atoms with van der Waals surface area (Å²) in [6.45, 7) is 2.23. The van der Waals surface area contributed by atoms with E-state index >= 15 is 0 Å². The third-order valence-electron chi connectivity index (χ3n) is 2.05. The highest BCUT2D eigenvalue weighted by Gasteiger charge is 2.17. The molecule has 0 bridgehead atoms. The first kappa shape index (κ1) is 17.3. The average Bonchev–Trinajstić information content (AvgIpc) is 2.26. The number of carbonyl (C=O) groups is 1. The van der Waals surface area contributed by atoms with Gasteiger partial charge in [0.05, 0.1) is 19.8 Å². The van der Waals surface area contributed by atoms with Crippen molar-refractivity contribution < 1.29 is 21.6 Å². The summed E-state index contributed by atoms with van der Waals surface area (Å²) < 4.78 is 30.9. The van der Waals surface area contributed by atoms with Crippen LogP contribution in [-0.2, 0) is 23.6 Å². The molecule has 0 heterocycles. The first-order valence-electron chi connectivity index (χ1n) is 5.69. The van der Waals surface area contributed by atoms with Crippen molar-refractivity contribution in [3.05, 3.63) is 0 Å². The summed E-state index contributed by atoms with van der Waals surface area (Å²) in [5.41, 5.74) is 0. The molecule has 0 saturated carbocycles. The molecule has 0 aliphatic carbocycles. The number of carbonyl (C=O) groups excluding carboxylic acids is 1. The van der Waals surface area contributed by atoms with E-state index in [1.54, 1.807) is 0 Å². The molecule has 18 heavy (non-hydrogen) atoms. The van der Waals surface area contributed by atoms with Crippen LogP contribution in [0.2, 0.25) is 0 Å². The van der Waals surface area contributed by atoms with Gasteiger partial charge in [-0.25, -0.2) is 4.18 Å². The van der Waals surface area contributed by atoms with Crippen molar-refractivity contribution in [1.82, 2.24) is 10.2 Å². The molecule has 0 radical (unpaired) electrons. The maximum absolute atomic E-state index is 11.5. The molecular weight excluding hydrogens is 260 g/mol. The van der Waals surface area contributed by atoms with Crippen LogP contribution in [0.4, 0.5) is 0 Å². The molecule has 1 N–H and O–H groups in total. The lowest BCUT2D eigenvalue weighted by molar-refractivity contribution is -0.122. The molecule has 108 valence electrons. The summed E-state index contributed by atoms with van der Waals surface area (Å²) in [5.74, 6) is -0.122. The molecule has 0 aromatic heterocycles. The molecule has 1 unspecified atom stereocenters. The third-order valence-corrected chi connectivity index (χ3v) is 2.88. The van der Waals surface area contributed by atoms with E-state index < -0.39 is 16.4 Å². The molecular formula is C10H22N2O5S. The van der Waals surface area contributed by atoms with Crippen LogP contribution >= 0.6 is 0 Å². The van der Waals surface area contributed by atoms with E-state index in [2.05, 4.69) is 13.7 Å². The maximum Gasteiger partial charge on any atom is 0.399 e. The maximum atomic E-state index is 11.5. The summed E-state index contributed by atoms with van der Waals surface area (Å²) in [4.78, 5) is 13.3. The number of amides is 1. The molecule has 0 saturated heterocycles. The molecule has 1 atom stereocenters. The van der Waals surface area contributed by atoms with Gasteiger partial charge in [-0.2, -0.15) is 8.42 Å². The Kier molecular flexibility index (Phi) is 8.08. The van der Waals surface area contributed by atoms with Crippen molar-refractivity contribution in [2.75, 3.05) is 34.4 Å². The van der Waals surface area contributed by atoms with Gasteiger partial charge in [-0.3, -0.25) is 8.98 Å². The summed E-state index contributed by atoms with van der Waals surface area (Å²) >= 11 is 0. The quantitative estimate of drug-likeness (QED) is 0.627. The van der Waals surface area contributed by atoms with Gasteiger partial charge in [0.2, 0.25) is 5.91 Å². The summed E-state index contributed by atoms with van der Waals surface area (Å²) in [6, 6.07) is -0.399. The number of hydrogen-bond donors (Lipinski definition) is 1. The summed E-state index contributed by atoms with van der Waals surface area (Å²) in [5, 5.41) is 2.72. The molecule has 1 amide bonds. The van der Waals surface area contributed by atoms with E-state index in [0.717, 1.165) is 13.5 Å². The topological polar surface area (TPSA) is 84.9 Å². The predicted octanol–water partition coefficient (Wildman–Crippen LogP) is -0.259. The molecule has 0 aliphatic rings. The first-order chi connectivity index (χ1) is 8.30. The molecule has 0 spiro atoms. The largest absolute Gasteiger partial charge is 0.399 e. The van der Waals surface area contributed by atoms with Crippen LogP contribution in [0.3, 0.4) is 0 Å². The van der Waals surface area contributed by atoms with E-state index in [1.807, 2.05) is 25.9 Å². The minimum Gasteiger partial charge on any atom is -0.350 e. The Morgan fingerprint density at radius 1 is 1.39 bits per heavy atom. The van der Waals surface area contributed by atoms with E-state index in [9.17, 15) is 13.2 Å². The molecule has 0 aromatic carbocycles. The second-order valence-electron chi connectivity index (χ2n) is 4.14. The Balaban J connectivity index is 4.36. The van der Waals surface area contributed by atoms with E-state index in [-0.39, 0.29) is 12.5 Å². The number of nitrogens with one attached hydrogen (secondary N) is 1. The zero-order chi connectivity index (χ0) is 14.2. The molecule has 0 fully saturated rings. The van der Waals surface area contributed by atoms with Crippen molar-refractivity contribution in [3.8, 4) is 0 Å². The van der Waals surface area contributed by atoms with Crippen LogP contribution in [0.25, 0.3) is 0 Å². The molecule has 7 nitrogen and oxygen atoms in total. The minimum atomic E-state index is -3.97. The Hall–Kier alpha value is -0.700. The summed E-state index contributed by atoms with van der Waals surface area (Å²) in [6.07, 6.45) is 1.14. The van der Waals surface area contributed by atoms with Crippen LogP contribution in [0.15, 0.2) is 0 Å². The van der Waals surface area contributed by atoms with Crippen LogP contribution in [0.1, 0.15) is 19.8 Å². The smallest absolute Gasteiger partial charge is 0.350 e. The van der Waals surface area contributed by atoms with Gasteiger partial charge >= 0.3 is 10.4 Å². The lowest BCUT2D eigenvalue weighted by atomic mass is 10.2. The normalized spacial score (nSPS) is 13.6. The Morgan fingerprint density at radius 2 is 2.00 bits per heavy atom. The molecule has 0 rings (SSSR count). The van der Waals surface area contributed by atoms with Gasteiger partial charge in [-0.1, -0.05) is 6.92 Å². The van der Waals surface area contributed by atoms with Crippen molar-refractivity contribution in [2.45, 2.75) is 25.8 Å². The van der Waals surface area contributed by atoms with Gasteiger partial charge in [0.15, 0.2) is 0 Å². The second-order valence-corrected chi connectivity index (χ2v) is 5.52.